The van der Waals surface area contributed by atoms with E-state index in [0.717, 1.165) is 54.0 Å². The third-order valence-corrected chi connectivity index (χ3v) is 5.85. The average molecular weight is 476 g/mol. The number of ether oxygens (including phenoxy) is 1. The van der Waals surface area contributed by atoms with Crippen molar-refractivity contribution in [3.8, 4) is 5.75 Å². The van der Waals surface area contributed by atoms with Crippen LogP contribution >= 0.6 is 0 Å². The predicted octanol–water partition coefficient (Wildman–Crippen LogP) is 3.94. The van der Waals surface area contributed by atoms with Crippen molar-refractivity contribution in [2.75, 3.05) is 11.4 Å². The van der Waals surface area contributed by atoms with Crippen molar-refractivity contribution < 1.29 is 32.3 Å². The van der Waals surface area contributed by atoms with E-state index in [2.05, 4.69) is 15.0 Å². The average Bonchev–Trinajstić information content (AvgIpc) is 3.08. The quantitative estimate of drug-likeness (QED) is 0.638. The Labute approximate surface area is 193 Å². The Morgan fingerprint density at radius 3 is 2.29 bits per heavy atom. The Kier molecular flexibility index (Phi) is 6.71. The number of pyridine rings is 1. The molecule has 4 rings (SSSR count). The molecule has 2 heterocycles. The molecule has 0 spiro atoms. The van der Waals surface area contributed by atoms with Crippen LogP contribution in [0.25, 0.3) is 0 Å². The Balaban J connectivity index is 1.57. The van der Waals surface area contributed by atoms with Crippen molar-refractivity contribution in [3.63, 3.8) is 0 Å². The van der Waals surface area contributed by atoms with Gasteiger partial charge >= 0.3 is 12.4 Å². The number of carbonyl (C=O) groups excluding carboxylic acids is 3. The van der Waals surface area contributed by atoms with Crippen LogP contribution in [-0.2, 0) is 9.59 Å². The molecular formula is C23H23F3N4O4. The SMILES string of the molecule is O=C(NC1CCCCC1)C(c1ccncc1)N1CC(=O)N(c2ccc(OC(F)(F)F)cc2)C1=O. The van der Waals surface area contributed by atoms with Gasteiger partial charge in [0.2, 0.25) is 5.91 Å². The van der Waals surface area contributed by atoms with Gasteiger partial charge in [0.25, 0.3) is 5.91 Å². The molecule has 0 bridgehead atoms. The molecule has 1 aromatic carbocycles. The molecule has 34 heavy (non-hydrogen) atoms. The van der Waals surface area contributed by atoms with Crippen LogP contribution in [0.1, 0.15) is 43.7 Å². The molecule has 2 aliphatic rings. The number of hydrogen-bond donors (Lipinski definition) is 1. The predicted molar refractivity (Wildman–Crippen MR) is 115 cm³/mol. The van der Waals surface area contributed by atoms with E-state index < -0.39 is 36.0 Å². The maximum Gasteiger partial charge on any atom is 0.573 e. The molecule has 11 heteroatoms. The highest BCUT2D eigenvalue weighted by molar-refractivity contribution is 6.20. The first kappa shape index (κ1) is 23.5. The first-order valence-corrected chi connectivity index (χ1v) is 10.9. The molecule has 1 aromatic heterocycles. The summed E-state index contributed by atoms with van der Waals surface area (Å²) < 4.78 is 41.1. The van der Waals surface area contributed by atoms with Gasteiger partial charge in [-0.2, -0.15) is 0 Å². The fourth-order valence-electron chi connectivity index (χ4n) is 4.32. The number of aromatic nitrogens is 1. The summed E-state index contributed by atoms with van der Waals surface area (Å²) in [5.41, 5.74) is 0.577. The molecule has 1 N–H and O–H groups in total. The van der Waals surface area contributed by atoms with Gasteiger partial charge in [0.1, 0.15) is 18.3 Å². The monoisotopic (exact) mass is 476 g/mol. The van der Waals surface area contributed by atoms with Crippen LogP contribution in [0.3, 0.4) is 0 Å². The Morgan fingerprint density at radius 1 is 1.03 bits per heavy atom. The summed E-state index contributed by atoms with van der Waals surface area (Å²) in [7, 11) is 0. The summed E-state index contributed by atoms with van der Waals surface area (Å²) in [6.45, 7) is -0.356. The number of amides is 4. The molecule has 4 amide bonds. The molecule has 1 aliphatic heterocycles. The van der Waals surface area contributed by atoms with E-state index in [0.29, 0.717) is 5.56 Å². The molecule has 2 fully saturated rings. The summed E-state index contributed by atoms with van der Waals surface area (Å²) in [4.78, 5) is 45.3. The highest BCUT2D eigenvalue weighted by atomic mass is 19.4. The topological polar surface area (TPSA) is 91.8 Å². The van der Waals surface area contributed by atoms with Gasteiger partial charge in [0.15, 0.2) is 0 Å². The Hall–Kier alpha value is -3.63. The van der Waals surface area contributed by atoms with Gasteiger partial charge in [-0.05, 0) is 54.8 Å². The number of urea groups is 1. The van der Waals surface area contributed by atoms with Crippen LogP contribution in [0.5, 0.6) is 5.75 Å². The van der Waals surface area contributed by atoms with Crippen LogP contribution in [0.2, 0.25) is 0 Å². The van der Waals surface area contributed by atoms with Gasteiger partial charge in [-0.1, -0.05) is 19.3 Å². The fourth-order valence-corrected chi connectivity index (χ4v) is 4.32. The molecule has 1 unspecified atom stereocenters. The van der Waals surface area contributed by atoms with E-state index in [1.807, 2.05) is 0 Å². The molecule has 1 saturated heterocycles. The standard InChI is InChI=1S/C23H23F3N4O4/c24-23(25,26)34-18-8-6-17(7-9-18)30-19(31)14-29(22(30)33)20(15-10-12-27-13-11-15)21(32)28-16-4-2-1-3-5-16/h6-13,16,20H,1-5,14H2,(H,28,32). The van der Waals surface area contributed by atoms with Crippen LogP contribution in [-0.4, -0.2) is 46.7 Å². The molecule has 1 atom stereocenters. The largest absolute Gasteiger partial charge is 0.573 e. The Morgan fingerprint density at radius 2 is 1.68 bits per heavy atom. The lowest BCUT2D eigenvalue weighted by atomic mass is 9.95. The molecule has 0 radical (unpaired) electrons. The van der Waals surface area contributed by atoms with Crippen LogP contribution in [0, 0.1) is 0 Å². The van der Waals surface area contributed by atoms with Crippen LogP contribution in [0.15, 0.2) is 48.8 Å². The van der Waals surface area contributed by atoms with Gasteiger partial charge in [-0.3, -0.25) is 19.5 Å². The van der Waals surface area contributed by atoms with Gasteiger partial charge in [-0.25, -0.2) is 9.69 Å². The third-order valence-electron chi connectivity index (χ3n) is 5.85. The van der Waals surface area contributed by atoms with E-state index in [-0.39, 0.29) is 18.3 Å². The highest BCUT2D eigenvalue weighted by Gasteiger charge is 2.44. The smallest absolute Gasteiger partial charge is 0.406 e. The molecule has 1 saturated carbocycles. The number of alkyl halides is 3. The lowest BCUT2D eigenvalue weighted by molar-refractivity contribution is -0.274. The zero-order valence-corrected chi connectivity index (χ0v) is 18.1. The zero-order chi connectivity index (χ0) is 24.3. The second kappa shape index (κ2) is 9.70. The number of anilines is 1. The molecule has 8 nitrogen and oxygen atoms in total. The van der Waals surface area contributed by atoms with Gasteiger partial charge in [-0.15, -0.1) is 13.2 Å². The maximum atomic E-state index is 13.3. The van der Waals surface area contributed by atoms with Gasteiger partial charge in [0.05, 0.1) is 5.69 Å². The summed E-state index contributed by atoms with van der Waals surface area (Å²) in [5.74, 6) is -1.47. The summed E-state index contributed by atoms with van der Waals surface area (Å²) in [6, 6.07) is 5.81. The van der Waals surface area contributed by atoms with Crippen molar-refractivity contribution in [2.45, 2.75) is 50.6 Å². The Bertz CT molecular complexity index is 1040. The third kappa shape index (κ3) is 5.29. The van der Waals surface area contributed by atoms with Gasteiger partial charge < -0.3 is 10.1 Å². The first-order valence-electron chi connectivity index (χ1n) is 10.9. The molecule has 180 valence electrons. The summed E-state index contributed by atoms with van der Waals surface area (Å²) >= 11 is 0. The van der Waals surface area contributed by atoms with Crippen molar-refractivity contribution in [1.82, 2.24) is 15.2 Å². The van der Waals surface area contributed by atoms with Crippen molar-refractivity contribution in [1.29, 1.82) is 0 Å². The van der Waals surface area contributed by atoms with Crippen LogP contribution in [0.4, 0.5) is 23.7 Å². The first-order chi connectivity index (χ1) is 16.2. The zero-order valence-electron chi connectivity index (χ0n) is 18.1. The minimum Gasteiger partial charge on any atom is -0.406 e. The van der Waals surface area contributed by atoms with Crippen molar-refractivity contribution >= 4 is 23.5 Å². The second-order valence-electron chi connectivity index (χ2n) is 8.21. The van der Waals surface area contributed by atoms with E-state index in [1.165, 1.54) is 24.5 Å². The van der Waals surface area contributed by atoms with E-state index in [4.69, 9.17) is 0 Å². The van der Waals surface area contributed by atoms with Gasteiger partial charge in [0, 0.05) is 18.4 Å². The highest BCUT2D eigenvalue weighted by Crippen LogP contribution is 2.32. The number of nitrogens with one attached hydrogen (secondary N) is 1. The summed E-state index contributed by atoms with van der Waals surface area (Å²) in [6.07, 6.45) is 2.95. The van der Waals surface area contributed by atoms with E-state index in [9.17, 15) is 27.6 Å². The maximum absolute atomic E-state index is 13.3. The molecule has 2 aromatic rings. The molecule has 1 aliphatic carbocycles. The normalized spacial score (nSPS) is 18.2. The lowest BCUT2D eigenvalue weighted by Crippen LogP contribution is -2.46. The van der Waals surface area contributed by atoms with Crippen molar-refractivity contribution in [2.24, 2.45) is 0 Å². The minimum atomic E-state index is -4.86. The lowest BCUT2D eigenvalue weighted by Gasteiger charge is -2.30. The number of carbonyl (C=O) groups is 3. The summed E-state index contributed by atoms with van der Waals surface area (Å²) in [5, 5.41) is 3.01. The number of imide groups is 1. The number of halogens is 3. The number of hydrogen-bond acceptors (Lipinski definition) is 5. The number of nitrogens with zero attached hydrogens (tertiary/aromatic N) is 3. The number of benzene rings is 1. The fraction of sp³-hybridized carbons (Fsp3) is 0.391. The van der Waals surface area contributed by atoms with E-state index >= 15 is 0 Å². The van der Waals surface area contributed by atoms with Crippen molar-refractivity contribution in [3.05, 3.63) is 54.4 Å². The molecular weight excluding hydrogens is 453 g/mol. The van der Waals surface area contributed by atoms with Crippen LogP contribution < -0.4 is 15.0 Å². The number of rotatable bonds is 6. The van der Waals surface area contributed by atoms with E-state index in [1.54, 1.807) is 12.1 Å². The second-order valence-corrected chi connectivity index (χ2v) is 8.21. The minimum absolute atomic E-state index is 0.00345.